The van der Waals surface area contributed by atoms with Crippen molar-refractivity contribution in [3.05, 3.63) is 42.0 Å². The standard InChI is InChI=1S/C20H27NO5S/c1-14(2)19(22)24-11-10-21-20(23)26-17(12-25-16-6-7-16)13-27-18-8-4-15(3)5-9-18/h4-5,8-9,16-17H,1,6-7,10-13H2,2-3H3,(H,21,23). The molecule has 148 valence electrons. The van der Waals surface area contributed by atoms with Gasteiger partial charge in [0.25, 0.3) is 0 Å². The number of ether oxygens (including phenoxy) is 3. The molecule has 1 aromatic carbocycles. The Bertz CT molecular complexity index is 642. The van der Waals surface area contributed by atoms with Crippen molar-refractivity contribution in [2.24, 2.45) is 0 Å². The van der Waals surface area contributed by atoms with E-state index in [-0.39, 0.29) is 19.3 Å². The van der Waals surface area contributed by atoms with Crippen molar-refractivity contribution in [1.82, 2.24) is 5.32 Å². The molecule has 1 aliphatic carbocycles. The first kappa shape index (κ1) is 21.3. The Hall–Kier alpha value is -1.99. The Balaban J connectivity index is 1.72. The lowest BCUT2D eigenvalue weighted by molar-refractivity contribution is -0.138. The Morgan fingerprint density at radius 3 is 2.63 bits per heavy atom. The summed E-state index contributed by atoms with van der Waals surface area (Å²) in [6.07, 6.45) is 1.53. The first-order chi connectivity index (χ1) is 12.9. The summed E-state index contributed by atoms with van der Waals surface area (Å²) in [7, 11) is 0. The van der Waals surface area contributed by atoms with E-state index < -0.39 is 12.1 Å². The van der Waals surface area contributed by atoms with E-state index in [1.165, 1.54) is 5.56 Å². The lowest BCUT2D eigenvalue weighted by atomic mass is 10.2. The second-order valence-corrected chi connectivity index (χ2v) is 7.62. The second kappa shape index (κ2) is 11.0. The van der Waals surface area contributed by atoms with Crippen LogP contribution in [0.15, 0.2) is 41.3 Å². The highest BCUT2D eigenvalue weighted by Crippen LogP contribution is 2.25. The Labute approximate surface area is 164 Å². The lowest BCUT2D eigenvalue weighted by Gasteiger charge is -2.18. The summed E-state index contributed by atoms with van der Waals surface area (Å²) in [6, 6.07) is 8.21. The predicted molar refractivity (Wildman–Crippen MR) is 105 cm³/mol. The lowest BCUT2D eigenvalue weighted by Crippen LogP contribution is -2.35. The molecule has 0 bridgehead atoms. The third-order valence-electron chi connectivity index (χ3n) is 3.73. The Kier molecular flexibility index (Phi) is 8.67. The van der Waals surface area contributed by atoms with Gasteiger partial charge in [-0.05, 0) is 38.8 Å². The number of hydrogen-bond donors (Lipinski definition) is 1. The van der Waals surface area contributed by atoms with E-state index in [4.69, 9.17) is 14.2 Å². The molecule has 1 aliphatic rings. The zero-order chi connectivity index (χ0) is 19.6. The normalized spacial score (nSPS) is 14.3. The first-order valence-electron chi connectivity index (χ1n) is 9.02. The molecule has 0 saturated heterocycles. The number of hydrogen-bond acceptors (Lipinski definition) is 6. The summed E-state index contributed by atoms with van der Waals surface area (Å²) < 4.78 is 16.1. The number of amides is 1. The van der Waals surface area contributed by atoms with Gasteiger partial charge in [0.05, 0.1) is 19.3 Å². The summed E-state index contributed by atoms with van der Waals surface area (Å²) in [6.45, 7) is 7.74. The van der Waals surface area contributed by atoms with Gasteiger partial charge in [0, 0.05) is 16.2 Å². The molecule has 0 radical (unpaired) electrons. The highest BCUT2D eigenvalue weighted by Gasteiger charge is 2.25. The molecule has 0 aromatic heterocycles. The van der Waals surface area contributed by atoms with Gasteiger partial charge < -0.3 is 19.5 Å². The number of rotatable bonds is 11. The molecule has 6 nitrogen and oxygen atoms in total. The molecule has 1 saturated carbocycles. The van der Waals surface area contributed by atoms with Gasteiger partial charge in [0.15, 0.2) is 0 Å². The van der Waals surface area contributed by atoms with Crippen molar-refractivity contribution in [1.29, 1.82) is 0 Å². The maximum absolute atomic E-state index is 12.0. The van der Waals surface area contributed by atoms with Crippen LogP contribution >= 0.6 is 11.8 Å². The summed E-state index contributed by atoms with van der Waals surface area (Å²) in [5, 5.41) is 2.58. The molecule has 0 aliphatic heterocycles. The molecule has 7 heteroatoms. The monoisotopic (exact) mass is 393 g/mol. The average molecular weight is 394 g/mol. The molecule has 0 heterocycles. The number of carbonyl (C=O) groups excluding carboxylic acids is 2. The Morgan fingerprint density at radius 1 is 1.30 bits per heavy atom. The minimum atomic E-state index is -0.546. The quantitative estimate of drug-likeness (QED) is 0.269. The number of benzene rings is 1. The average Bonchev–Trinajstić information content (AvgIpc) is 3.46. The summed E-state index contributed by atoms with van der Waals surface area (Å²) in [4.78, 5) is 24.4. The molecule has 1 aromatic rings. The van der Waals surface area contributed by atoms with Gasteiger partial charge in [-0.2, -0.15) is 0 Å². The van der Waals surface area contributed by atoms with Crippen LogP contribution in [0.1, 0.15) is 25.3 Å². The summed E-state index contributed by atoms with van der Waals surface area (Å²) >= 11 is 1.62. The molecule has 1 unspecified atom stereocenters. The van der Waals surface area contributed by atoms with E-state index in [0.717, 1.165) is 17.7 Å². The largest absolute Gasteiger partial charge is 0.460 e. The highest BCUT2D eigenvalue weighted by molar-refractivity contribution is 7.99. The van der Waals surface area contributed by atoms with E-state index in [2.05, 4.69) is 36.2 Å². The molecule has 0 spiro atoms. The summed E-state index contributed by atoms with van der Waals surface area (Å²) in [5.74, 6) is 0.129. The number of thioether (sulfide) groups is 1. The van der Waals surface area contributed by atoms with Crippen molar-refractivity contribution >= 4 is 23.8 Å². The van der Waals surface area contributed by atoms with Crippen LogP contribution in [0.4, 0.5) is 4.79 Å². The van der Waals surface area contributed by atoms with Gasteiger partial charge in [-0.1, -0.05) is 24.3 Å². The fourth-order valence-electron chi connectivity index (χ4n) is 2.03. The topological polar surface area (TPSA) is 73.9 Å². The van der Waals surface area contributed by atoms with Crippen molar-refractivity contribution in [3.63, 3.8) is 0 Å². The number of nitrogens with one attached hydrogen (secondary N) is 1. The number of esters is 1. The van der Waals surface area contributed by atoms with Gasteiger partial charge >= 0.3 is 12.1 Å². The molecule has 1 fully saturated rings. The number of aryl methyl sites for hydroxylation is 1. The third-order valence-corrected chi connectivity index (χ3v) is 4.87. The van der Waals surface area contributed by atoms with Gasteiger partial charge in [-0.25, -0.2) is 9.59 Å². The fraction of sp³-hybridized carbons (Fsp3) is 0.500. The van der Waals surface area contributed by atoms with Crippen molar-refractivity contribution in [3.8, 4) is 0 Å². The van der Waals surface area contributed by atoms with Gasteiger partial charge in [0.1, 0.15) is 12.7 Å². The number of carbonyl (C=O) groups is 2. The van der Waals surface area contributed by atoms with Crippen LogP contribution in [0, 0.1) is 6.92 Å². The van der Waals surface area contributed by atoms with Crippen LogP contribution in [0.2, 0.25) is 0 Å². The van der Waals surface area contributed by atoms with Crippen LogP contribution in [-0.2, 0) is 19.0 Å². The molecular formula is C20H27NO5S. The molecule has 27 heavy (non-hydrogen) atoms. The van der Waals surface area contributed by atoms with Crippen LogP contribution < -0.4 is 5.32 Å². The van der Waals surface area contributed by atoms with Gasteiger partial charge in [-0.15, -0.1) is 11.8 Å². The molecule has 2 rings (SSSR count). The highest BCUT2D eigenvalue weighted by atomic mass is 32.2. The predicted octanol–water partition coefficient (Wildman–Crippen LogP) is 3.48. The van der Waals surface area contributed by atoms with Gasteiger partial charge in [0.2, 0.25) is 0 Å². The second-order valence-electron chi connectivity index (χ2n) is 6.53. The third kappa shape index (κ3) is 8.97. The van der Waals surface area contributed by atoms with Crippen LogP contribution in [0.3, 0.4) is 0 Å². The van der Waals surface area contributed by atoms with Crippen molar-refractivity contribution < 1.29 is 23.8 Å². The maximum atomic E-state index is 12.0. The van der Waals surface area contributed by atoms with Crippen LogP contribution in [-0.4, -0.2) is 49.8 Å². The molecule has 1 amide bonds. The molecule has 1 N–H and O–H groups in total. The Morgan fingerprint density at radius 2 is 2.00 bits per heavy atom. The van der Waals surface area contributed by atoms with E-state index in [9.17, 15) is 9.59 Å². The SMILES string of the molecule is C=C(C)C(=O)OCCNC(=O)OC(COC1CC1)CSc1ccc(C)cc1. The minimum absolute atomic E-state index is 0.0716. The van der Waals surface area contributed by atoms with E-state index in [1.54, 1.807) is 18.7 Å². The van der Waals surface area contributed by atoms with Gasteiger partial charge in [-0.3, -0.25) is 0 Å². The fourth-order valence-corrected chi connectivity index (χ4v) is 2.90. The minimum Gasteiger partial charge on any atom is -0.460 e. The maximum Gasteiger partial charge on any atom is 0.407 e. The summed E-state index contributed by atoms with van der Waals surface area (Å²) in [5.41, 5.74) is 1.53. The molecule has 1 atom stereocenters. The number of alkyl carbamates (subject to hydrolysis) is 1. The van der Waals surface area contributed by atoms with E-state index in [1.807, 2.05) is 6.92 Å². The zero-order valence-electron chi connectivity index (χ0n) is 15.9. The van der Waals surface area contributed by atoms with E-state index in [0.29, 0.717) is 24.0 Å². The zero-order valence-corrected chi connectivity index (χ0v) is 16.7. The van der Waals surface area contributed by atoms with Crippen LogP contribution in [0.25, 0.3) is 0 Å². The molecular weight excluding hydrogens is 366 g/mol. The van der Waals surface area contributed by atoms with E-state index >= 15 is 0 Å². The van der Waals surface area contributed by atoms with Crippen molar-refractivity contribution in [2.75, 3.05) is 25.5 Å². The van der Waals surface area contributed by atoms with Crippen LogP contribution in [0.5, 0.6) is 0 Å². The first-order valence-corrected chi connectivity index (χ1v) is 10.0. The van der Waals surface area contributed by atoms with Crippen molar-refractivity contribution in [2.45, 2.75) is 43.8 Å². The smallest absolute Gasteiger partial charge is 0.407 e.